The SMILES string of the molecule is C[C@H]1CCC[C@@H](N)[C@@H]1O. The van der Waals surface area contributed by atoms with Crippen molar-refractivity contribution in [2.75, 3.05) is 0 Å². The van der Waals surface area contributed by atoms with Gasteiger partial charge in [0.15, 0.2) is 0 Å². The first kappa shape index (κ1) is 7.03. The maximum absolute atomic E-state index is 9.32. The molecule has 1 saturated carbocycles. The third-order valence-electron chi connectivity index (χ3n) is 2.22. The van der Waals surface area contributed by atoms with Gasteiger partial charge in [0.25, 0.3) is 0 Å². The summed E-state index contributed by atoms with van der Waals surface area (Å²) in [6.07, 6.45) is 3.05. The van der Waals surface area contributed by atoms with E-state index in [9.17, 15) is 5.11 Å². The zero-order valence-electron chi connectivity index (χ0n) is 5.88. The minimum absolute atomic E-state index is 0.0359. The second kappa shape index (κ2) is 2.67. The Morgan fingerprint density at radius 2 is 2.11 bits per heavy atom. The lowest BCUT2D eigenvalue weighted by molar-refractivity contribution is 0.0601. The molecule has 3 N–H and O–H groups in total. The molecule has 0 saturated heterocycles. The van der Waals surface area contributed by atoms with Gasteiger partial charge in [-0.2, -0.15) is 0 Å². The summed E-state index contributed by atoms with van der Waals surface area (Å²) < 4.78 is 0. The van der Waals surface area contributed by atoms with Gasteiger partial charge in [0, 0.05) is 6.04 Å². The summed E-state index contributed by atoms with van der Waals surface area (Å²) in [4.78, 5) is 0. The van der Waals surface area contributed by atoms with Crippen LogP contribution >= 0.6 is 0 Å². The van der Waals surface area contributed by atoms with E-state index in [1.807, 2.05) is 0 Å². The second-order valence-electron chi connectivity index (χ2n) is 3.06. The van der Waals surface area contributed by atoms with Gasteiger partial charge in [-0.05, 0) is 18.8 Å². The van der Waals surface area contributed by atoms with E-state index in [4.69, 9.17) is 5.73 Å². The van der Waals surface area contributed by atoms with Crippen molar-refractivity contribution in [2.24, 2.45) is 11.7 Å². The molecule has 0 radical (unpaired) electrons. The van der Waals surface area contributed by atoms with Crippen LogP contribution in [0.2, 0.25) is 0 Å². The van der Waals surface area contributed by atoms with Crippen molar-refractivity contribution in [1.82, 2.24) is 0 Å². The standard InChI is InChI=1S/C7H15NO/c1-5-3-2-4-6(8)7(5)9/h5-7,9H,2-4,8H2,1H3/t5-,6+,7+/m0/s1. The zero-order chi connectivity index (χ0) is 6.85. The summed E-state index contributed by atoms with van der Waals surface area (Å²) in [7, 11) is 0. The van der Waals surface area contributed by atoms with Gasteiger partial charge in [-0.15, -0.1) is 0 Å². The Bertz CT molecular complexity index is 84.9. The molecule has 54 valence electrons. The topological polar surface area (TPSA) is 46.2 Å². The molecule has 0 aromatic rings. The quantitative estimate of drug-likeness (QED) is 0.500. The maximum atomic E-state index is 9.32. The zero-order valence-corrected chi connectivity index (χ0v) is 5.88. The lowest BCUT2D eigenvalue weighted by Gasteiger charge is -2.29. The van der Waals surface area contributed by atoms with Crippen LogP contribution in [0.4, 0.5) is 0 Å². The molecule has 3 atom stereocenters. The van der Waals surface area contributed by atoms with Gasteiger partial charge in [-0.25, -0.2) is 0 Å². The van der Waals surface area contributed by atoms with E-state index >= 15 is 0 Å². The highest BCUT2D eigenvalue weighted by molar-refractivity contribution is 4.81. The molecule has 9 heavy (non-hydrogen) atoms. The molecular weight excluding hydrogens is 114 g/mol. The highest BCUT2D eigenvalue weighted by atomic mass is 16.3. The van der Waals surface area contributed by atoms with Crippen molar-refractivity contribution in [3.63, 3.8) is 0 Å². The third-order valence-corrected chi connectivity index (χ3v) is 2.22. The number of aliphatic hydroxyl groups is 1. The number of nitrogens with two attached hydrogens (primary N) is 1. The van der Waals surface area contributed by atoms with Crippen LogP contribution in [0.5, 0.6) is 0 Å². The first-order valence-electron chi connectivity index (χ1n) is 3.65. The maximum Gasteiger partial charge on any atom is 0.0716 e. The molecule has 1 rings (SSSR count). The van der Waals surface area contributed by atoms with Crippen molar-refractivity contribution in [3.8, 4) is 0 Å². The summed E-state index contributed by atoms with van der Waals surface area (Å²) in [5.74, 6) is 0.411. The fourth-order valence-electron chi connectivity index (χ4n) is 1.44. The van der Waals surface area contributed by atoms with Gasteiger partial charge in [0.2, 0.25) is 0 Å². The van der Waals surface area contributed by atoms with Crippen LogP contribution < -0.4 is 5.73 Å². The predicted octanol–water partition coefficient (Wildman–Crippen LogP) is 0.495. The van der Waals surface area contributed by atoms with Gasteiger partial charge in [-0.3, -0.25) is 0 Å². The average Bonchev–Trinajstić information content (AvgIpc) is 1.83. The Morgan fingerprint density at radius 1 is 1.44 bits per heavy atom. The molecule has 1 aliphatic carbocycles. The second-order valence-corrected chi connectivity index (χ2v) is 3.06. The Hall–Kier alpha value is -0.0800. The highest BCUT2D eigenvalue weighted by Gasteiger charge is 2.25. The molecular formula is C7H15NO. The van der Waals surface area contributed by atoms with Gasteiger partial charge in [0.05, 0.1) is 6.10 Å². The van der Waals surface area contributed by atoms with E-state index in [2.05, 4.69) is 6.92 Å². The summed E-state index contributed by atoms with van der Waals surface area (Å²) in [5.41, 5.74) is 5.62. The van der Waals surface area contributed by atoms with Crippen molar-refractivity contribution >= 4 is 0 Å². The van der Waals surface area contributed by atoms with Crippen LogP contribution in [0.3, 0.4) is 0 Å². The van der Waals surface area contributed by atoms with Gasteiger partial charge in [-0.1, -0.05) is 13.3 Å². The Labute approximate surface area is 56.1 Å². The normalized spacial score (nSPS) is 45.0. The van der Waals surface area contributed by atoms with Crippen LogP contribution in [0.1, 0.15) is 26.2 Å². The first-order valence-corrected chi connectivity index (χ1v) is 3.65. The van der Waals surface area contributed by atoms with E-state index in [1.54, 1.807) is 0 Å². The van der Waals surface area contributed by atoms with Crippen LogP contribution in [0.25, 0.3) is 0 Å². The molecule has 0 aromatic heterocycles. The Kier molecular flexibility index (Phi) is 2.09. The summed E-state index contributed by atoms with van der Waals surface area (Å²) in [6.45, 7) is 2.06. The van der Waals surface area contributed by atoms with E-state index in [1.165, 1.54) is 6.42 Å². The number of aliphatic hydroxyl groups excluding tert-OH is 1. The third kappa shape index (κ3) is 1.43. The van der Waals surface area contributed by atoms with E-state index in [-0.39, 0.29) is 12.1 Å². The lowest BCUT2D eigenvalue weighted by atomic mass is 9.85. The molecule has 1 aliphatic rings. The highest BCUT2D eigenvalue weighted by Crippen LogP contribution is 2.22. The van der Waals surface area contributed by atoms with Crippen molar-refractivity contribution in [3.05, 3.63) is 0 Å². The number of hydrogen-bond donors (Lipinski definition) is 2. The average molecular weight is 129 g/mol. The lowest BCUT2D eigenvalue weighted by Crippen LogP contribution is -2.42. The Morgan fingerprint density at radius 3 is 2.56 bits per heavy atom. The molecule has 0 bridgehead atoms. The summed E-state index contributed by atoms with van der Waals surface area (Å²) in [6, 6.07) is 0.0359. The fraction of sp³-hybridized carbons (Fsp3) is 1.00. The fourth-order valence-corrected chi connectivity index (χ4v) is 1.44. The monoisotopic (exact) mass is 129 g/mol. The van der Waals surface area contributed by atoms with Gasteiger partial charge in [0.1, 0.15) is 0 Å². The predicted molar refractivity (Wildman–Crippen MR) is 37.0 cm³/mol. The molecule has 0 aromatic carbocycles. The van der Waals surface area contributed by atoms with Crippen molar-refractivity contribution < 1.29 is 5.11 Å². The van der Waals surface area contributed by atoms with Crippen molar-refractivity contribution in [2.45, 2.75) is 38.3 Å². The van der Waals surface area contributed by atoms with Gasteiger partial charge >= 0.3 is 0 Å². The smallest absolute Gasteiger partial charge is 0.0716 e. The van der Waals surface area contributed by atoms with Crippen LogP contribution in [0, 0.1) is 5.92 Å². The van der Waals surface area contributed by atoms with E-state index in [0.717, 1.165) is 12.8 Å². The summed E-state index contributed by atoms with van der Waals surface area (Å²) in [5, 5.41) is 9.32. The van der Waals surface area contributed by atoms with E-state index in [0.29, 0.717) is 5.92 Å². The van der Waals surface area contributed by atoms with Crippen LogP contribution in [-0.2, 0) is 0 Å². The van der Waals surface area contributed by atoms with Gasteiger partial charge < -0.3 is 10.8 Å². The minimum atomic E-state index is -0.251. The number of hydrogen-bond acceptors (Lipinski definition) is 2. The molecule has 0 spiro atoms. The molecule has 0 amide bonds. The molecule has 2 nitrogen and oxygen atoms in total. The molecule has 0 heterocycles. The number of rotatable bonds is 0. The largest absolute Gasteiger partial charge is 0.391 e. The summed E-state index contributed by atoms with van der Waals surface area (Å²) >= 11 is 0. The van der Waals surface area contributed by atoms with E-state index < -0.39 is 0 Å². The molecule has 0 unspecified atom stereocenters. The van der Waals surface area contributed by atoms with Crippen molar-refractivity contribution in [1.29, 1.82) is 0 Å². The molecule has 2 heteroatoms. The minimum Gasteiger partial charge on any atom is -0.391 e. The van der Waals surface area contributed by atoms with Crippen LogP contribution in [0.15, 0.2) is 0 Å². The van der Waals surface area contributed by atoms with Crippen LogP contribution in [-0.4, -0.2) is 17.3 Å². The Balaban J connectivity index is 2.41. The molecule has 0 aliphatic heterocycles. The molecule has 1 fully saturated rings. The first-order chi connectivity index (χ1) is 4.22.